The molecule has 0 aliphatic rings. The number of aliphatic hydroxyl groups is 1. The normalized spacial score (nSPS) is 10.9. The quantitative estimate of drug-likeness (QED) is 0.0969. The number of aliphatic hydroxyl groups excluding tert-OH is 1. The first-order valence-corrected chi connectivity index (χ1v) is 20.6. The van der Waals surface area contributed by atoms with Gasteiger partial charge in [0, 0.05) is 96.1 Å². The van der Waals surface area contributed by atoms with Gasteiger partial charge in [0.2, 0.25) is 0 Å². The molecule has 345 valence electrons. The standard InChI is InChI=1S/C18H11N2.2C18H14N.C5H8O2.3Ir/c19-12-14-6-8-15(9-7-14)17-10-11-18(20-13-17)16-4-2-1-3-5-16;2*1-14-12-18(16-10-6-3-7-11-16)19-13-17(14)15-8-4-2-5-9-15;1-4(6)3-5(2)7;;;/h1-4,6-11,13H;2*2-10,12-13H,1H3;3,6H,1-2H3;;;/q3*-1;;;;/i;2D,4D,5D,8D,9D;;;;;. The van der Waals surface area contributed by atoms with Crippen molar-refractivity contribution in [1.29, 1.82) is 5.26 Å². The Morgan fingerprint density at radius 1 is 0.559 bits per heavy atom. The van der Waals surface area contributed by atoms with E-state index in [2.05, 4.69) is 64.3 Å². The third-order valence-corrected chi connectivity index (χ3v) is 9.55. The number of hydrogen-bond acceptors (Lipinski definition) is 6. The number of allylic oxidation sites excluding steroid dienone is 2. The third-order valence-electron chi connectivity index (χ3n) is 9.55. The molecule has 1 N–H and O–H groups in total. The maximum absolute atomic E-state index is 10.0. The number of nitrogens with zero attached hydrogens (tertiary/aromatic N) is 4. The number of carbonyl (C=O) groups is 1. The molecule has 0 saturated carbocycles. The molecule has 3 heterocycles. The monoisotopic (exact) mass is 1430 g/mol. The van der Waals surface area contributed by atoms with Crippen LogP contribution in [0.3, 0.4) is 0 Å². The first-order valence-electron chi connectivity index (χ1n) is 23.1. The van der Waals surface area contributed by atoms with Gasteiger partial charge in [-0.25, -0.2) is 0 Å². The van der Waals surface area contributed by atoms with Crippen molar-refractivity contribution in [2.45, 2.75) is 27.7 Å². The molecule has 6 aromatic carbocycles. The minimum Gasteiger partial charge on any atom is -0.512 e. The Morgan fingerprint density at radius 2 is 1.01 bits per heavy atom. The summed E-state index contributed by atoms with van der Waals surface area (Å²) in [6, 6.07) is 59.1. The van der Waals surface area contributed by atoms with Crippen LogP contribution < -0.4 is 0 Å². The summed E-state index contributed by atoms with van der Waals surface area (Å²) in [5, 5.41) is 17.2. The summed E-state index contributed by atoms with van der Waals surface area (Å²) in [6.45, 7) is 6.81. The van der Waals surface area contributed by atoms with Crippen LogP contribution in [0, 0.1) is 43.4 Å². The van der Waals surface area contributed by atoms with Gasteiger partial charge in [0.25, 0.3) is 0 Å². The van der Waals surface area contributed by atoms with E-state index in [1.54, 1.807) is 12.3 Å². The van der Waals surface area contributed by atoms with Crippen LogP contribution >= 0.6 is 0 Å². The first-order chi connectivity index (χ1) is 33.7. The number of pyridine rings is 3. The zero-order chi connectivity index (χ0) is 50.2. The Balaban J connectivity index is 0.000000267. The molecule has 0 aliphatic heterocycles. The van der Waals surface area contributed by atoms with Crippen LogP contribution in [-0.4, -0.2) is 25.8 Å². The van der Waals surface area contributed by atoms with Crippen molar-refractivity contribution < 1.29 is 77.1 Å². The SMILES string of the molecule is CC(=O)C=C(C)O.Cc1cc(-c2[c-]cccc2)ncc1-c1ccccc1.N#Cc1ccc(-c2ccc(-c3[c-]cccc3)nc2)cc1.[2H]c1c([2H])c([2H])c(-c2cnc(-c3[c-]cccc3)cc2C)c([2H])c1[2H].[Ir].[Ir].[Ir]. The van der Waals surface area contributed by atoms with E-state index in [1.165, 1.54) is 36.6 Å². The van der Waals surface area contributed by atoms with Crippen molar-refractivity contribution in [1.82, 2.24) is 15.0 Å². The van der Waals surface area contributed by atoms with E-state index in [-0.39, 0.29) is 102 Å². The number of hydrogen-bond donors (Lipinski definition) is 1. The fourth-order valence-electron chi connectivity index (χ4n) is 6.39. The smallest absolute Gasteiger partial charge is 0.155 e. The van der Waals surface area contributed by atoms with Crippen LogP contribution in [0.5, 0.6) is 0 Å². The second-order valence-electron chi connectivity index (χ2n) is 14.5. The average Bonchev–Trinajstić information content (AvgIpc) is 3.39. The van der Waals surface area contributed by atoms with Crippen LogP contribution in [0.25, 0.3) is 67.2 Å². The predicted molar refractivity (Wildman–Crippen MR) is 263 cm³/mol. The number of aryl methyl sites for hydroxylation is 2. The van der Waals surface area contributed by atoms with Crippen LogP contribution in [-0.2, 0) is 65.1 Å². The Labute approximate surface area is 448 Å². The van der Waals surface area contributed by atoms with E-state index in [9.17, 15) is 4.79 Å². The van der Waals surface area contributed by atoms with E-state index >= 15 is 0 Å². The molecule has 0 unspecified atom stereocenters. The van der Waals surface area contributed by atoms with Crippen molar-refractivity contribution in [3.8, 4) is 73.2 Å². The Hall–Kier alpha value is -6.58. The summed E-state index contributed by atoms with van der Waals surface area (Å²) < 4.78 is 39.4. The van der Waals surface area contributed by atoms with E-state index in [1.807, 2.05) is 147 Å². The largest absolute Gasteiger partial charge is 0.512 e. The molecule has 0 amide bonds. The van der Waals surface area contributed by atoms with Crippen molar-refractivity contribution >= 4 is 5.78 Å². The Morgan fingerprint density at radius 3 is 1.41 bits per heavy atom. The van der Waals surface area contributed by atoms with Crippen LogP contribution in [0.4, 0.5) is 0 Å². The average molecular weight is 1430 g/mol. The van der Waals surface area contributed by atoms with E-state index in [0.717, 1.165) is 50.5 Å². The van der Waals surface area contributed by atoms with Gasteiger partial charge in [0.15, 0.2) is 5.78 Å². The fourth-order valence-corrected chi connectivity index (χ4v) is 6.39. The Kier molecular flexibility index (Phi) is 20.6. The number of ketones is 1. The molecule has 0 aliphatic carbocycles. The van der Waals surface area contributed by atoms with Gasteiger partial charge in [-0.1, -0.05) is 96.9 Å². The maximum atomic E-state index is 10.0. The van der Waals surface area contributed by atoms with Gasteiger partial charge < -0.3 is 20.1 Å². The summed E-state index contributed by atoms with van der Waals surface area (Å²) in [5.74, 6) is -0.0625. The maximum Gasteiger partial charge on any atom is 0.155 e. The van der Waals surface area contributed by atoms with Crippen molar-refractivity contribution in [3.05, 3.63) is 247 Å². The molecule has 3 radical (unpaired) electrons. The zero-order valence-corrected chi connectivity index (χ0v) is 44.6. The molecule has 68 heavy (non-hydrogen) atoms. The molecular weight excluding hydrogens is 1370 g/mol. The number of carbonyl (C=O) groups excluding carboxylic acids is 1. The number of benzene rings is 6. The minimum absolute atomic E-state index is 0. The van der Waals surface area contributed by atoms with E-state index in [4.69, 9.17) is 17.2 Å². The number of nitriles is 1. The van der Waals surface area contributed by atoms with E-state index in [0.29, 0.717) is 11.1 Å². The molecule has 0 bridgehead atoms. The van der Waals surface area contributed by atoms with Crippen molar-refractivity contribution in [2.24, 2.45) is 0 Å². The summed E-state index contributed by atoms with van der Waals surface area (Å²) in [7, 11) is 0. The Bertz CT molecular complexity index is 3240. The first kappa shape index (κ1) is 47.9. The fraction of sp³-hybridized carbons (Fsp3) is 0.0678. The van der Waals surface area contributed by atoms with Crippen molar-refractivity contribution in [2.75, 3.05) is 0 Å². The van der Waals surface area contributed by atoms with Gasteiger partial charge in [-0.2, -0.15) is 5.26 Å². The predicted octanol–water partition coefficient (Wildman–Crippen LogP) is 14.2. The van der Waals surface area contributed by atoms with Crippen molar-refractivity contribution in [3.63, 3.8) is 0 Å². The van der Waals surface area contributed by atoms with Gasteiger partial charge >= 0.3 is 0 Å². The topological polar surface area (TPSA) is 99.8 Å². The van der Waals surface area contributed by atoms with Gasteiger partial charge in [-0.3, -0.25) is 4.79 Å². The zero-order valence-electron chi connectivity index (χ0n) is 42.4. The van der Waals surface area contributed by atoms with Crippen LogP contribution in [0.1, 0.15) is 37.4 Å². The summed E-state index contributed by atoms with van der Waals surface area (Å²) in [4.78, 5) is 23.4. The van der Waals surface area contributed by atoms with E-state index < -0.39 is 6.04 Å². The molecule has 9 rings (SSSR count). The second-order valence-corrected chi connectivity index (χ2v) is 14.5. The molecule has 3 aromatic heterocycles. The van der Waals surface area contributed by atoms with Gasteiger partial charge in [-0.15, -0.1) is 108 Å². The minimum atomic E-state index is -0.394. The molecule has 0 saturated heterocycles. The van der Waals surface area contributed by atoms with Crippen LogP contribution in [0.15, 0.2) is 212 Å². The number of aromatic nitrogens is 3. The molecular formula is C59H47Ir3N4O2-3. The van der Waals surface area contributed by atoms with Gasteiger partial charge in [-0.05, 0) is 90.3 Å². The molecule has 6 nitrogen and oxygen atoms in total. The molecule has 9 heteroatoms. The van der Waals surface area contributed by atoms with Gasteiger partial charge in [0.1, 0.15) is 0 Å². The molecule has 0 spiro atoms. The number of rotatable bonds is 7. The second kappa shape index (κ2) is 29.2. The third kappa shape index (κ3) is 16.9. The van der Waals surface area contributed by atoms with Gasteiger partial charge in [0.05, 0.1) is 24.2 Å². The summed E-state index contributed by atoms with van der Waals surface area (Å²) >= 11 is 0. The summed E-state index contributed by atoms with van der Waals surface area (Å²) in [5.41, 5.74) is 13.3. The molecule has 0 atom stereocenters. The molecule has 0 fully saturated rings. The summed E-state index contributed by atoms with van der Waals surface area (Å²) in [6.07, 6.45) is 6.51. The molecule has 9 aromatic rings. The van der Waals surface area contributed by atoms with Crippen LogP contribution in [0.2, 0.25) is 0 Å².